The maximum absolute atomic E-state index is 12.5. The zero-order valence-corrected chi connectivity index (χ0v) is 14.9. The molecule has 0 N–H and O–H groups in total. The molecule has 0 aliphatic carbocycles. The van der Waals surface area contributed by atoms with Gasteiger partial charge in [0, 0.05) is 0 Å². The highest BCUT2D eigenvalue weighted by Crippen LogP contribution is 1.83. The molecule has 0 bridgehead atoms. The van der Waals surface area contributed by atoms with Crippen molar-refractivity contribution in [3.63, 3.8) is 0 Å². The molecule has 1 aromatic rings. The number of aromatic nitrogens is 3. The van der Waals surface area contributed by atoms with E-state index in [1.807, 2.05) is 0 Å². The summed E-state index contributed by atoms with van der Waals surface area (Å²) < 4.78 is 18.0. The number of hydrogen-bond acceptors (Lipinski definition) is 6. The van der Waals surface area contributed by atoms with Crippen molar-refractivity contribution in [1.29, 1.82) is 0 Å². The van der Waals surface area contributed by atoms with Crippen molar-refractivity contribution in [3.05, 3.63) is 31.5 Å². The molecule has 27 heavy (non-hydrogen) atoms. The summed E-state index contributed by atoms with van der Waals surface area (Å²) in [5.74, 6) is 6.84. The van der Waals surface area contributed by atoms with Gasteiger partial charge in [0.15, 0.2) is 0 Å². The molecule has 0 saturated heterocycles. The van der Waals surface area contributed by atoms with Crippen molar-refractivity contribution < 1.29 is 14.2 Å². The van der Waals surface area contributed by atoms with Crippen LogP contribution < -0.4 is 17.1 Å². The van der Waals surface area contributed by atoms with E-state index < -0.39 is 17.1 Å². The average molecular weight is 375 g/mol. The lowest BCUT2D eigenvalue weighted by atomic mass is 10.5. The lowest BCUT2D eigenvalue weighted by molar-refractivity contribution is 0.140. The predicted molar refractivity (Wildman–Crippen MR) is 98.2 cm³/mol. The van der Waals surface area contributed by atoms with Gasteiger partial charge in [-0.3, -0.25) is 0 Å². The van der Waals surface area contributed by atoms with Crippen molar-refractivity contribution in [1.82, 2.24) is 13.7 Å². The van der Waals surface area contributed by atoms with Gasteiger partial charge in [0.1, 0.15) is 19.8 Å². The van der Waals surface area contributed by atoms with Crippen LogP contribution in [0.15, 0.2) is 14.4 Å². The number of rotatable bonds is 12. The molecule has 0 spiro atoms. The van der Waals surface area contributed by atoms with Gasteiger partial charge in [-0.1, -0.05) is 17.8 Å². The molecular formula is C18H21N3O6. The molecule has 0 radical (unpaired) electrons. The first kappa shape index (κ1) is 22.0. The molecule has 1 heterocycles. The maximum Gasteiger partial charge on any atom is 0.336 e. The largest absolute Gasteiger partial charge is 0.367 e. The van der Waals surface area contributed by atoms with Gasteiger partial charge in [-0.2, -0.15) is 0 Å². The Hall–Kier alpha value is -3.03. The molecule has 0 aliphatic rings. The summed E-state index contributed by atoms with van der Waals surface area (Å²) in [5.41, 5.74) is -2.29. The maximum atomic E-state index is 12.5. The molecule has 0 amide bonds. The van der Waals surface area contributed by atoms with Gasteiger partial charge in [-0.15, -0.1) is 19.3 Å². The lowest BCUT2D eigenvalue weighted by Crippen LogP contribution is -2.55. The van der Waals surface area contributed by atoms with E-state index in [0.29, 0.717) is 0 Å². The van der Waals surface area contributed by atoms with E-state index in [1.165, 1.54) is 0 Å². The van der Waals surface area contributed by atoms with Crippen molar-refractivity contribution in [2.45, 2.75) is 19.6 Å². The summed E-state index contributed by atoms with van der Waals surface area (Å²) in [6.07, 6.45) is 15.3. The monoisotopic (exact) mass is 375 g/mol. The highest BCUT2D eigenvalue weighted by atomic mass is 16.5. The van der Waals surface area contributed by atoms with Gasteiger partial charge in [0.25, 0.3) is 0 Å². The molecule has 144 valence electrons. The van der Waals surface area contributed by atoms with Crippen molar-refractivity contribution in [2.75, 3.05) is 39.6 Å². The van der Waals surface area contributed by atoms with Crippen LogP contribution in [0.1, 0.15) is 0 Å². The fourth-order valence-electron chi connectivity index (χ4n) is 2.12. The van der Waals surface area contributed by atoms with Gasteiger partial charge < -0.3 is 14.2 Å². The Kier molecular flexibility index (Phi) is 10.1. The molecular weight excluding hydrogens is 354 g/mol. The molecule has 0 atom stereocenters. The normalized spacial score (nSPS) is 10.1. The molecule has 0 saturated carbocycles. The fourth-order valence-corrected chi connectivity index (χ4v) is 2.12. The third-order valence-corrected chi connectivity index (χ3v) is 3.32. The van der Waals surface area contributed by atoms with Crippen LogP contribution in [0.5, 0.6) is 0 Å². The van der Waals surface area contributed by atoms with Gasteiger partial charge in [-0.05, 0) is 0 Å². The summed E-state index contributed by atoms with van der Waals surface area (Å²) in [6.45, 7) is 0.0751. The first-order valence-electron chi connectivity index (χ1n) is 8.06. The molecule has 0 aromatic carbocycles. The van der Waals surface area contributed by atoms with Crippen molar-refractivity contribution in [3.8, 4) is 37.0 Å². The van der Waals surface area contributed by atoms with E-state index >= 15 is 0 Å². The Bertz CT molecular complexity index is 755. The first-order chi connectivity index (χ1) is 13.1. The van der Waals surface area contributed by atoms with Crippen LogP contribution in [0, 0.1) is 37.0 Å². The van der Waals surface area contributed by atoms with E-state index in [-0.39, 0.29) is 59.3 Å². The summed E-state index contributed by atoms with van der Waals surface area (Å²) in [4.78, 5) is 37.6. The molecule has 0 unspecified atom stereocenters. The van der Waals surface area contributed by atoms with Crippen LogP contribution in [0.4, 0.5) is 0 Å². The van der Waals surface area contributed by atoms with E-state index in [4.69, 9.17) is 33.5 Å². The minimum absolute atomic E-state index is 0.0404. The highest BCUT2D eigenvalue weighted by molar-refractivity contribution is 4.84. The van der Waals surface area contributed by atoms with Gasteiger partial charge >= 0.3 is 17.1 Å². The van der Waals surface area contributed by atoms with Gasteiger partial charge in [-0.25, -0.2) is 28.1 Å². The van der Waals surface area contributed by atoms with Crippen LogP contribution in [0.25, 0.3) is 0 Å². The average Bonchev–Trinajstić information content (AvgIpc) is 2.66. The number of ether oxygens (including phenoxy) is 3. The number of nitrogens with zero attached hydrogens (tertiary/aromatic N) is 3. The van der Waals surface area contributed by atoms with E-state index in [9.17, 15) is 14.4 Å². The Morgan fingerprint density at radius 2 is 0.852 bits per heavy atom. The molecule has 1 rings (SSSR count). The molecule has 0 aliphatic heterocycles. The van der Waals surface area contributed by atoms with Gasteiger partial charge in [0.05, 0.1) is 39.5 Å². The Labute approximate surface area is 156 Å². The van der Waals surface area contributed by atoms with Gasteiger partial charge in [0.2, 0.25) is 0 Å². The summed E-state index contributed by atoms with van der Waals surface area (Å²) in [6, 6.07) is 0. The lowest BCUT2D eigenvalue weighted by Gasteiger charge is -2.14. The van der Waals surface area contributed by atoms with Crippen LogP contribution in [0.2, 0.25) is 0 Å². The fraction of sp³-hybridized carbons (Fsp3) is 0.500. The second kappa shape index (κ2) is 12.3. The van der Waals surface area contributed by atoms with Crippen LogP contribution in [-0.4, -0.2) is 53.3 Å². The summed E-state index contributed by atoms with van der Waals surface area (Å²) in [7, 11) is 0. The van der Waals surface area contributed by atoms with E-state index in [1.54, 1.807) is 0 Å². The topological polar surface area (TPSA) is 93.7 Å². The Balaban J connectivity index is 3.15. The molecule has 0 fully saturated rings. The first-order valence-corrected chi connectivity index (χ1v) is 8.06. The molecule has 1 aromatic heterocycles. The third-order valence-electron chi connectivity index (χ3n) is 3.32. The quantitative estimate of drug-likeness (QED) is 0.314. The zero-order valence-electron chi connectivity index (χ0n) is 14.9. The second-order valence-corrected chi connectivity index (χ2v) is 5.07. The zero-order chi connectivity index (χ0) is 20.1. The highest BCUT2D eigenvalue weighted by Gasteiger charge is 2.15. The van der Waals surface area contributed by atoms with Crippen LogP contribution >= 0.6 is 0 Å². The smallest absolute Gasteiger partial charge is 0.336 e. The predicted octanol–water partition coefficient (Wildman–Crippen LogP) is -1.88. The molecule has 9 nitrogen and oxygen atoms in total. The van der Waals surface area contributed by atoms with E-state index in [0.717, 1.165) is 13.7 Å². The Morgan fingerprint density at radius 1 is 0.593 bits per heavy atom. The van der Waals surface area contributed by atoms with Crippen molar-refractivity contribution in [2.24, 2.45) is 0 Å². The molecule has 9 heteroatoms. The van der Waals surface area contributed by atoms with E-state index in [2.05, 4.69) is 17.8 Å². The third kappa shape index (κ3) is 6.65. The van der Waals surface area contributed by atoms with Crippen LogP contribution in [-0.2, 0) is 33.8 Å². The summed E-state index contributed by atoms with van der Waals surface area (Å²) in [5, 5.41) is 0. The Morgan fingerprint density at radius 3 is 1.07 bits per heavy atom. The second-order valence-electron chi connectivity index (χ2n) is 5.07. The summed E-state index contributed by atoms with van der Waals surface area (Å²) >= 11 is 0. The minimum atomic E-state index is -0.764. The number of terminal acetylenes is 3. The minimum Gasteiger partial charge on any atom is -0.367 e. The SMILES string of the molecule is C#CCOCCn1c(=O)n(CCOCC#C)c(=O)n(CCOCC#C)c1=O. The standard InChI is InChI=1S/C18H21N3O6/c1-4-10-25-13-7-19-16(22)20(8-14-26-11-5-2)18(24)21(17(19)23)9-15-27-12-6-3/h1-3H,7-15H2. The van der Waals surface area contributed by atoms with Crippen LogP contribution in [0.3, 0.4) is 0 Å². The number of hydrogen-bond donors (Lipinski definition) is 0. The van der Waals surface area contributed by atoms with Crippen molar-refractivity contribution >= 4 is 0 Å².